The number of carboxylic acid groups (broad SMARTS) is 1. The van der Waals surface area contributed by atoms with Crippen molar-refractivity contribution in [2.45, 2.75) is 24.0 Å². The normalized spacial score (nSPS) is 12.8. The zero-order valence-corrected chi connectivity index (χ0v) is 9.42. The Kier molecular flexibility index (Phi) is 4.15. The summed E-state index contributed by atoms with van der Waals surface area (Å²) in [5, 5.41) is 8.47. The van der Waals surface area contributed by atoms with Crippen LogP contribution >= 0.6 is 11.8 Å². The molecule has 1 rings (SSSR count). The molecule has 0 amide bonds. The predicted octanol–water partition coefficient (Wildman–Crippen LogP) is 3.03. The van der Waals surface area contributed by atoms with Crippen LogP contribution in [-0.4, -0.2) is 16.3 Å². The largest absolute Gasteiger partial charge is 0.480 e. The van der Waals surface area contributed by atoms with Crippen LogP contribution in [0.5, 0.6) is 0 Å². The molecule has 2 nitrogen and oxygen atoms in total. The second-order valence-corrected chi connectivity index (χ2v) is 4.79. The van der Waals surface area contributed by atoms with Gasteiger partial charge in [-0.15, -0.1) is 11.8 Å². The Bertz CT molecular complexity index is 335. The molecule has 0 aliphatic carbocycles. The van der Waals surface area contributed by atoms with Crippen LogP contribution < -0.4 is 0 Å². The number of aliphatic carboxylic acids is 1. The predicted molar refractivity (Wildman–Crippen MR) is 58.5 cm³/mol. The molecule has 82 valence electrons. The topological polar surface area (TPSA) is 37.3 Å². The molecule has 0 fully saturated rings. The summed E-state index contributed by atoms with van der Waals surface area (Å²) in [7, 11) is 0. The Morgan fingerprint density at radius 3 is 2.27 bits per heavy atom. The molecule has 0 aliphatic heterocycles. The molecule has 0 heterocycles. The molecule has 4 heteroatoms. The monoisotopic (exact) mass is 228 g/mol. The maximum Gasteiger partial charge on any atom is 0.317 e. The van der Waals surface area contributed by atoms with E-state index in [2.05, 4.69) is 0 Å². The number of rotatable bonds is 4. The quantitative estimate of drug-likeness (QED) is 0.805. The lowest BCUT2D eigenvalue weighted by atomic mass is 10.1. The van der Waals surface area contributed by atoms with Crippen LogP contribution in [0.15, 0.2) is 29.2 Å². The Labute approximate surface area is 92.5 Å². The first-order chi connectivity index (χ1) is 7.00. The van der Waals surface area contributed by atoms with Crippen LogP contribution in [0.25, 0.3) is 0 Å². The Morgan fingerprint density at radius 1 is 1.33 bits per heavy atom. The van der Waals surface area contributed by atoms with Crippen molar-refractivity contribution in [1.29, 1.82) is 0 Å². The van der Waals surface area contributed by atoms with Crippen molar-refractivity contribution in [1.82, 2.24) is 0 Å². The van der Waals surface area contributed by atoms with E-state index in [4.69, 9.17) is 5.11 Å². The first kappa shape index (κ1) is 12.0. The molecule has 0 saturated carbocycles. The van der Waals surface area contributed by atoms with Crippen LogP contribution in [0, 0.1) is 11.7 Å². The van der Waals surface area contributed by atoms with Gasteiger partial charge in [0, 0.05) is 4.90 Å². The number of hydrogen-bond donors (Lipinski definition) is 1. The Hall–Kier alpha value is -1.03. The minimum atomic E-state index is -0.834. The van der Waals surface area contributed by atoms with Crippen LogP contribution in [-0.2, 0) is 4.79 Å². The first-order valence-corrected chi connectivity index (χ1v) is 5.53. The van der Waals surface area contributed by atoms with Gasteiger partial charge in [-0.1, -0.05) is 13.8 Å². The average Bonchev–Trinajstić information content (AvgIpc) is 2.15. The van der Waals surface area contributed by atoms with Gasteiger partial charge in [-0.2, -0.15) is 0 Å². The van der Waals surface area contributed by atoms with E-state index in [0.717, 1.165) is 4.90 Å². The second kappa shape index (κ2) is 5.16. The maximum atomic E-state index is 12.6. The summed E-state index contributed by atoms with van der Waals surface area (Å²) in [5.74, 6) is -1.10. The average molecular weight is 228 g/mol. The lowest BCUT2D eigenvalue weighted by Crippen LogP contribution is -2.22. The fraction of sp³-hybridized carbons (Fsp3) is 0.364. The number of carbonyl (C=O) groups is 1. The van der Waals surface area contributed by atoms with E-state index in [1.54, 1.807) is 12.1 Å². The third-order valence-electron chi connectivity index (χ3n) is 1.93. The lowest BCUT2D eigenvalue weighted by Gasteiger charge is -2.15. The highest BCUT2D eigenvalue weighted by Crippen LogP contribution is 2.28. The number of halogens is 1. The van der Waals surface area contributed by atoms with Crippen molar-refractivity contribution in [2.75, 3.05) is 0 Å². The number of thioether (sulfide) groups is 1. The highest BCUT2D eigenvalue weighted by Gasteiger charge is 2.22. The standard InChI is InChI=1S/C11H13FO2S/c1-7(2)10(11(13)14)15-9-5-3-8(12)4-6-9/h3-7,10H,1-2H3,(H,13,14). The van der Waals surface area contributed by atoms with E-state index in [1.165, 1.54) is 23.9 Å². The van der Waals surface area contributed by atoms with Gasteiger partial charge in [-0.25, -0.2) is 4.39 Å². The fourth-order valence-electron chi connectivity index (χ4n) is 1.13. The van der Waals surface area contributed by atoms with Crippen LogP contribution in [0.2, 0.25) is 0 Å². The third-order valence-corrected chi connectivity index (χ3v) is 3.47. The van der Waals surface area contributed by atoms with Gasteiger partial charge in [0.2, 0.25) is 0 Å². The smallest absolute Gasteiger partial charge is 0.317 e. The van der Waals surface area contributed by atoms with Gasteiger partial charge in [-0.05, 0) is 30.2 Å². The first-order valence-electron chi connectivity index (χ1n) is 4.65. The molecule has 0 aliphatic rings. The van der Waals surface area contributed by atoms with E-state index in [1.807, 2.05) is 13.8 Å². The van der Waals surface area contributed by atoms with Gasteiger partial charge in [0.15, 0.2) is 0 Å². The zero-order valence-electron chi connectivity index (χ0n) is 8.61. The van der Waals surface area contributed by atoms with E-state index < -0.39 is 11.2 Å². The number of carboxylic acids is 1. The Morgan fingerprint density at radius 2 is 1.87 bits per heavy atom. The van der Waals surface area contributed by atoms with Gasteiger partial charge < -0.3 is 5.11 Å². The van der Waals surface area contributed by atoms with Crippen molar-refractivity contribution >= 4 is 17.7 Å². The van der Waals surface area contributed by atoms with Crippen molar-refractivity contribution < 1.29 is 14.3 Å². The highest BCUT2D eigenvalue weighted by atomic mass is 32.2. The molecule has 0 bridgehead atoms. The van der Waals surface area contributed by atoms with E-state index in [9.17, 15) is 9.18 Å². The minimum Gasteiger partial charge on any atom is -0.480 e. The van der Waals surface area contributed by atoms with Gasteiger partial charge in [0.25, 0.3) is 0 Å². The van der Waals surface area contributed by atoms with Crippen molar-refractivity contribution in [3.63, 3.8) is 0 Å². The molecule has 1 unspecified atom stereocenters. The number of hydrogen-bond acceptors (Lipinski definition) is 2. The maximum absolute atomic E-state index is 12.6. The molecule has 0 aromatic heterocycles. The number of benzene rings is 1. The molecule has 1 N–H and O–H groups in total. The van der Waals surface area contributed by atoms with Crippen LogP contribution in [0.1, 0.15) is 13.8 Å². The molecular weight excluding hydrogens is 215 g/mol. The summed E-state index contributed by atoms with van der Waals surface area (Å²) in [6.45, 7) is 3.71. The van der Waals surface area contributed by atoms with Gasteiger partial charge >= 0.3 is 5.97 Å². The molecule has 0 spiro atoms. The van der Waals surface area contributed by atoms with Crippen molar-refractivity contribution in [3.05, 3.63) is 30.1 Å². The summed E-state index contributed by atoms with van der Waals surface area (Å²) >= 11 is 1.25. The highest BCUT2D eigenvalue weighted by molar-refractivity contribution is 8.00. The Balaban J connectivity index is 2.74. The molecule has 0 saturated heterocycles. The van der Waals surface area contributed by atoms with Crippen molar-refractivity contribution in [3.8, 4) is 0 Å². The SMILES string of the molecule is CC(C)C(Sc1ccc(F)cc1)C(=O)O. The molecule has 15 heavy (non-hydrogen) atoms. The molecule has 1 aromatic carbocycles. The summed E-state index contributed by atoms with van der Waals surface area (Å²) in [5.41, 5.74) is 0. The van der Waals surface area contributed by atoms with E-state index in [-0.39, 0.29) is 11.7 Å². The van der Waals surface area contributed by atoms with Crippen molar-refractivity contribution in [2.24, 2.45) is 5.92 Å². The van der Waals surface area contributed by atoms with E-state index >= 15 is 0 Å². The molecule has 1 aromatic rings. The van der Waals surface area contributed by atoms with E-state index in [0.29, 0.717) is 0 Å². The van der Waals surface area contributed by atoms with Crippen LogP contribution in [0.4, 0.5) is 4.39 Å². The van der Waals surface area contributed by atoms with Gasteiger partial charge in [0.1, 0.15) is 11.1 Å². The summed E-state index contributed by atoms with van der Waals surface area (Å²) in [6, 6.07) is 5.86. The molecule has 1 atom stereocenters. The third kappa shape index (κ3) is 3.55. The van der Waals surface area contributed by atoms with Gasteiger partial charge in [0.05, 0.1) is 0 Å². The summed E-state index contributed by atoms with van der Waals surface area (Å²) in [6.07, 6.45) is 0. The minimum absolute atomic E-state index is 0.0394. The summed E-state index contributed by atoms with van der Waals surface area (Å²) < 4.78 is 12.6. The summed E-state index contributed by atoms with van der Waals surface area (Å²) in [4.78, 5) is 11.7. The lowest BCUT2D eigenvalue weighted by molar-refractivity contribution is -0.137. The zero-order chi connectivity index (χ0) is 11.4. The fourth-order valence-corrected chi connectivity index (χ4v) is 2.09. The van der Waals surface area contributed by atoms with Gasteiger partial charge in [-0.3, -0.25) is 4.79 Å². The van der Waals surface area contributed by atoms with Crippen LogP contribution in [0.3, 0.4) is 0 Å². The molecular formula is C11H13FO2S. The second-order valence-electron chi connectivity index (χ2n) is 3.57. The molecule has 0 radical (unpaired) electrons.